The Balaban J connectivity index is 0.818. The molecule has 2 aromatic rings. The van der Waals surface area contributed by atoms with Gasteiger partial charge in [-0.2, -0.15) is 0 Å². The summed E-state index contributed by atoms with van der Waals surface area (Å²) in [5.74, 6) is -1.76. The van der Waals surface area contributed by atoms with E-state index in [9.17, 15) is 42.0 Å². The monoisotopic (exact) mass is 1020 g/mol. The second-order valence-electron chi connectivity index (χ2n) is 20.9. The van der Waals surface area contributed by atoms with E-state index in [1.807, 2.05) is 4.90 Å². The van der Waals surface area contributed by atoms with E-state index >= 15 is 0 Å². The molecule has 384 valence electrons. The van der Waals surface area contributed by atoms with Crippen molar-refractivity contribution in [2.75, 3.05) is 57.9 Å². The lowest BCUT2D eigenvalue weighted by atomic mass is 9.62. The molecular weight excluding hydrogens is 949 g/mol. The summed E-state index contributed by atoms with van der Waals surface area (Å²) in [6.45, 7) is 6.85. The molecule has 20 heteroatoms. The number of unbranched alkanes of at least 4 members (excludes halogenated alkanes) is 3. The fraction of sp³-hybridized carbons (Fsp3) is 0.627. The van der Waals surface area contributed by atoms with E-state index in [4.69, 9.17) is 4.74 Å². The van der Waals surface area contributed by atoms with Crippen molar-refractivity contribution >= 4 is 63.1 Å². The minimum absolute atomic E-state index is 0.0118. The zero-order chi connectivity index (χ0) is 50.2. The highest BCUT2D eigenvalue weighted by molar-refractivity contribution is 8.00. The second kappa shape index (κ2) is 20.9. The third-order valence-corrected chi connectivity index (χ3v) is 18.7. The molecule has 7 atom stereocenters. The number of rotatable bonds is 19. The number of hydrogen-bond acceptors (Lipinski definition) is 13. The van der Waals surface area contributed by atoms with Crippen molar-refractivity contribution in [1.29, 1.82) is 0 Å². The summed E-state index contributed by atoms with van der Waals surface area (Å²) in [5.41, 5.74) is 1.36. The highest BCUT2D eigenvalue weighted by Crippen LogP contribution is 2.62. The quantitative estimate of drug-likeness (QED) is 0.101. The lowest BCUT2D eigenvalue weighted by Crippen LogP contribution is -2.66. The van der Waals surface area contributed by atoms with Crippen molar-refractivity contribution in [3.63, 3.8) is 0 Å². The molecule has 6 heterocycles. The van der Waals surface area contributed by atoms with Crippen LogP contribution in [0.4, 0.5) is 0 Å². The van der Waals surface area contributed by atoms with E-state index in [0.29, 0.717) is 26.1 Å². The molecule has 6 unspecified atom stereocenters. The largest absolute Gasteiger partial charge is 0.492 e. The Morgan fingerprint density at radius 2 is 1.73 bits per heavy atom. The van der Waals surface area contributed by atoms with Crippen LogP contribution in [0.5, 0.6) is 5.75 Å². The van der Waals surface area contributed by atoms with Gasteiger partial charge in [0.2, 0.25) is 39.6 Å². The Morgan fingerprint density at radius 3 is 2.46 bits per heavy atom. The third-order valence-electron chi connectivity index (χ3n) is 16.3. The van der Waals surface area contributed by atoms with Crippen LogP contribution in [0.3, 0.4) is 0 Å². The van der Waals surface area contributed by atoms with Crippen molar-refractivity contribution in [3.8, 4) is 5.75 Å². The van der Waals surface area contributed by atoms with E-state index in [0.717, 1.165) is 80.4 Å². The summed E-state index contributed by atoms with van der Waals surface area (Å²) in [5, 5.41) is 15.5. The van der Waals surface area contributed by atoms with Gasteiger partial charge in [0.15, 0.2) is 0 Å². The Hall–Kier alpha value is -4.89. The number of imide groups is 2. The zero-order valence-corrected chi connectivity index (χ0v) is 42.6. The highest BCUT2D eigenvalue weighted by atomic mass is 32.2. The molecule has 71 heavy (non-hydrogen) atoms. The zero-order valence-electron chi connectivity index (χ0n) is 41.0. The third kappa shape index (κ3) is 10.4. The summed E-state index contributed by atoms with van der Waals surface area (Å²) in [4.78, 5) is 95.0. The number of piperidine rings is 2. The summed E-state index contributed by atoms with van der Waals surface area (Å²) < 4.78 is 31.3. The molecule has 2 aromatic carbocycles. The molecule has 0 radical (unpaired) electrons. The van der Waals surface area contributed by atoms with Gasteiger partial charge in [0.1, 0.15) is 17.3 Å². The topological polar surface area (TPSA) is 233 Å². The lowest BCUT2D eigenvalue weighted by molar-refractivity contribution is -0.150. The van der Waals surface area contributed by atoms with E-state index in [2.05, 4.69) is 64.7 Å². The molecule has 7 amide bonds. The first-order valence-electron chi connectivity index (χ1n) is 25.5. The molecule has 0 aromatic heterocycles. The maximum Gasteiger partial charge on any atom is 0.266 e. The van der Waals surface area contributed by atoms with Crippen LogP contribution < -0.4 is 31.3 Å². The van der Waals surface area contributed by atoms with Gasteiger partial charge >= 0.3 is 0 Å². The van der Waals surface area contributed by atoms with Crippen molar-refractivity contribution in [1.82, 2.24) is 40.7 Å². The molecule has 1 aliphatic carbocycles. The first-order valence-corrected chi connectivity index (χ1v) is 28.4. The normalized spacial score (nSPS) is 28.0. The molecule has 0 bridgehead atoms. The maximum atomic E-state index is 15.0. The minimum atomic E-state index is -3.37. The van der Waals surface area contributed by atoms with Crippen LogP contribution in [-0.2, 0) is 34.0 Å². The van der Waals surface area contributed by atoms with Gasteiger partial charge in [-0.3, -0.25) is 49.1 Å². The van der Waals surface area contributed by atoms with Crippen LogP contribution in [-0.4, -0.2) is 139 Å². The summed E-state index contributed by atoms with van der Waals surface area (Å²) in [6.07, 6.45) is 10.7. The number of nitrogens with one attached hydrogen (secondary N) is 5. The number of thioether (sulfide) groups is 1. The van der Waals surface area contributed by atoms with Gasteiger partial charge in [-0.05, 0) is 86.6 Å². The Morgan fingerprint density at radius 1 is 0.958 bits per heavy atom. The Bertz CT molecular complexity index is 2550. The fourth-order valence-electron chi connectivity index (χ4n) is 12.1. The highest BCUT2D eigenvalue weighted by Gasteiger charge is 2.68. The van der Waals surface area contributed by atoms with Gasteiger partial charge in [0, 0.05) is 55.9 Å². The van der Waals surface area contributed by atoms with Crippen molar-refractivity contribution in [2.45, 2.75) is 120 Å². The number of hydrogen-bond donors (Lipinski definition) is 5. The van der Waals surface area contributed by atoms with Crippen LogP contribution >= 0.6 is 11.8 Å². The summed E-state index contributed by atoms with van der Waals surface area (Å²) in [6, 6.07) is 12.5. The number of carbonyl (C=O) groups is 7. The molecule has 7 aliphatic rings. The molecule has 6 aliphatic heterocycles. The summed E-state index contributed by atoms with van der Waals surface area (Å²) >= 11 is 1.59. The van der Waals surface area contributed by atoms with Gasteiger partial charge < -0.3 is 25.6 Å². The Kier molecular flexibility index (Phi) is 15.0. The average Bonchev–Trinajstić information content (AvgIpc) is 3.62. The number of benzene rings is 2. The van der Waals surface area contributed by atoms with Crippen LogP contribution in [0.25, 0.3) is 0 Å². The number of amides is 7. The first kappa shape index (κ1) is 51.0. The van der Waals surface area contributed by atoms with Crippen molar-refractivity contribution in [3.05, 3.63) is 64.7 Å². The minimum Gasteiger partial charge on any atom is -0.492 e. The molecule has 1 saturated carbocycles. The molecular formula is C51H68N8O10S2. The molecule has 18 nitrogen and oxygen atoms in total. The van der Waals surface area contributed by atoms with E-state index in [-0.39, 0.29) is 96.4 Å². The van der Waals surface area contributed by atoms with E-state index < -0.39 is 56.6 Å². The first-order chi connectivity index (χ1) is 34.0. The molecule has 0 spiro atoms. The number of sulfonamides is 1. The predicted molar refractivity (Wildman–Crippen MR) is 265 cm³/mol. The number of nitrogens with zero attached hydrogens (tertiary/aromatic N) is 3. The Labute approximate surface area is 420 Å². The van der Waals surface area contributed by atoms with Crippen molar-refractivity contribution in [2.24, 2.45) is 23.2 Å². The molecule has 5 N–H and O–H groups in total. The number of ether oxygens (including phenoxy) is 1. The maximum absolute atomic E-state index is 15.0. The molecule has 5 saturated heterocycles. The van der Waals surface area contributed by atoms with Gasteiger partial charge in [-0.25, -0.2) is 12.7 Å². The number of fused-ring (bicyclic) bond motifs is 1. The smallest absolute Gasteiger partial charge is 0.266 e. The van der Waals surface area contributed by atoms with Gasteiger partial charge in [0.05, 0.1) is 41.9 Å². The SMILES string of the molecule is CCCCCCC(C)C1(C2(C(=O)N3CC(COc4cccc5c4C(=O)N([C@@H]4CCC(=O)NC4=O)C5=O)C3)CC2)CC(c2cccc(C3CSC(NC(=O)CNC(=O)C4CCN(S(C)(=O)=O)C4)N3)c2)CCN1. The van der Waals surface area contributed by atoms with Crippen LogP contribution in [0, 0.1) is 23.2 Å². The molecule has 9 rings (SSSR count). The lowest BCUT2D eigenvalue weighted by Gasteiger charge is -2.53. The van der Waals surface area contributed by atoms with Crippen LogP contribution in [0.2, 0.25) is 0 Å². The van der Waals surface area contributed by atoms with Crippen LogP contribution in [0.1, 0.15) is 135 Å². The average molecular weight is 1020 g/mol. The molecule has 6 fully saturated rings. The van der Waals surface area contributed by atoms with Gasteiger partial charge in [-0.1, -0.05) is 69.9 Å². The fourth-order valence-corrected chi connectivity index (χ4v) is 14.1. The van der Waals surface area contributed by atoms with E-state index in [1.165, 1.54) is 16.3 Å². The predicted octanol–water partition coefficient (Wildman–Crippen LogP) is 3.39. The number of likely N-dealkylation sites (tertiary alicyclic amines) is 1. The second-order valence-corrected chi connectivity index (χ2v) is 24.0. The van der Waals surface area contributed by atoms with E-state index in [1.54, 1.807) is 30.0 Å². The van der Waals surface area contributed by atoms with Gasteiger partial charge in [-0.15, -0.1) is 11.8 Å². The van der Waals surface area contributed by atoms with Crippen molar-refractivity contribution < 1.29 is 46.7 Å². The number of carbonyl (C=O) groups excluding carboxylic acids is 7. The standard InChI is InChI=1S/C51H68N8O10S2/c1-4-5-6-7-10-31(2)51(50(19-20-50)48(66)57-26-32(27-57)29-69-40-14-9-13-37-43(40)47(65)59(46(37)64)39-15-16-41(60)55-45(39)63)24-35(17-21-53-51)33-11-8-12-34(23-33)38-30-70-49(54-38)56-42(61)25-52-44(62)36-18-22-58(28-36)71(3,67)68/h8-9,11-14,23,31-32,35-36,38-39,49,53-54H,4-7,10,15-22,24-30H2,1-3H3,(H,52,62)(H,56,61)(H,55,60,63)/t31?,35?,36?,38?,39-,49?,51?/m1/s1. The van der Waals surface area contributed by atoms with Gasteiger partial charge in [0.25, 0.3) is 11.8 Å². The van der Waals surface area contributed by atoms with Crippen LogP contribution in [0.15, 0.2) is 42.5 Å². The summed E-state index contributed by atoms with van der Waals surface area (Å²) in [7, 11) is -3.37.